The molecule has 2 unspecified atom stereocenters. The van der Waals surface area contributed by atoms with Gasteiger partial charge in [-0.3, -0.25) is 4.79 Å². The second kappa shape index (κ2) is 5.27. The molecule has 0 amide bonds. The summed E-state index contributed by atoms with van der Waals surface area (Å²) in [6, 6.07) is 0. The molecule has 2 rings (SSSR count). The Morgan fingerprint density at radius 1 is 1.55 bits per heavy atom. The van der Waals surface area contributed by atoms with E-state index in [4.69, 9.17) is 16.3 Å². The summed E-state index contributed by atoms with van der Waals surface area (Å²) in [6.45, 7) is 1.85. The zero-order valence-corrected chi connectivity index (χ0v) is 11.8. The highest BCUT2D eigenvalue weighted by atomic mass is 32.2. The van der Waals surface area contributed by atoms with Crippen molar-refractivity contribution in [3.63, 3.8) is 0 Å². The molecule has 0 radical (unpaired) electrons. The van der Waals surface area contributed by atoms with Crippen LogP contribution in [0.15, 0.2) is 0 Å². The van der Waals surface area contributed by atoms with Crippen LogP contribution in [-0.4, -0.2) is 47.4 Å². The maximum absolute atomic E-state index is 12.1. The zero-order chi connectivity index (χ0) is 14.9. The number of aromatic nitrogens is 3. The van der Waals surface area contributed by atoms with E-state index in [1.807, 2.05) is 0 Å². The van der Waals surface area contributed by atoms with E-state index in [-0.39, 0.29) is 29.9 Å². The van der Waals surface area contributed by atoms with Crippen molar-refractivity contribution < 1.29 is 17.9 Å². The van der Waals surface area contributed by atoms with Gasteiger partial charge in [0.05, 0.1) is 18.1 Å². The second-order valence-electron chi connectivity index (χ2n) is 4.68. The number of anilines is 1. The number of hydrogen-bond donors (Lipinski definition) is 2. The molecule has 2 atom stereocenters. The molecule has 0 spiro atoms. The molecule has 1 fully saturated rings. The van der Waals surface area contributed by atoms with Crippen LogP contribution in [0.3, 0.4) is 0 Å². The highest BCUT2D eigenvalue weighted by molar-refractivity contribution is 7.91. The predicted octanol–water partition coefficient (Wildman–Crippen LogP) is -1.34. The van der Waals surface area contributed by atoms with Gasteiger partial charge in [0.2, 0.25) is 5.95 Å². The van der Waals surface area contributed by atoms with Gasteiger partial charge in [-0.2, -0.15) is 0 Å². The minimum absolute atomic E-state index is 0.0434. The average molecular weight is 303 g/mol. The van der Waals surface area contributed by atoms with E-state index in [0.29, 0.717) is 6.42 Å². The lowest BCUT2D eigenvalue weighted by atomic mass is 9.91. The van der Waals surface area contributed by atoms with E-state index in [0.717, 1.165) is 4.68 Å². The van der Waals surface area contributed by atoms with Crippen LogP contribution < -0.4 is 11.6 Å². The Balaban J connectivity index is 2.35. The van der Waals surface area contributed by atoms with Crippen LogP contribution in [0, 0.1) is 5.92 Å². The highest BCUT2D eigenvalue weighted by Crippen LogP contribution is 2.33. The first-order chi connectivity index (χ1) is 9.35. The van der Waals surface area contributed by atoms with Gasteiger partial charge in [-0.05, 0) is 19.3 Å². The summed E-state index contributed by atoms with van der Waals surface area (Å²) >= 11 is 0. The fraction of sp³-hybridized carbons (Fsp3) is 0.700. The number of sulfone groups is 1. The number of esters is 1. The van der Waals surface area contributed by atoms with Crippen LogP contribution in [0.4, 0.5) is 5.95 Å². The topological polar surface area (TPSA) is 143 Å². The number of hydrogen-bond acceptors (Lipinski definition) is 8. The highest BCUT2D eigenvalue weighted by Gasteiger charge is 2.41. The molecule has 1 aromatic rings. The van der Waals surface area contributed by atoms with Crippen LogP contribution in [0.2, 0.25) is 0 Å². The molecule has 1 aliphatic rings. The van der Waals surface area contributed by atoms with Crippen molar-refractivity contribution in [3.05, 3.63) is 5.82 Å². The fourth-order valence-corrected chi connectivity index (χ4v) is 4.20. The summed E-state index contributed by atoms with van der Waals surface area (Å²) in [5, 5.41) is 7.37. The van der Waals surface area contributed by atoms with E-state index in [1.165, 1.54) is 0 Å². The summed E-state index contributed by atoms with van der Waals surface area (Å²) < 4.78 is 29.2. The van der Waals surface area contributed by atoms with Crippen molar-refractivity contribution in [2.75, 3.05) is 29.7 Å². The molecular formula is C10H17N5O4S. The molecule has 0 bridgehead atoms. The van der Waals surface area contributed by atoms with Crippen LogP contribution in [0.1, 0.15) is 25.1 Å². The Kier molecular flexibility index (Phi) is 3.84. The van der Waals surface area contributed by atoms with Crippen LogP contribution in [-0.2, 0) is 19.4 Å². The SMILES string of the molecule is CCOC(=O)C(c1nnc(N)n1N)C1CCS(=O)(=O)C1. The van der Waals surface area contributed by atoms with Crippen molar-refractivity contribution in [3.8, 4) is 0 Å². The Morgan fingerprint density at radius 3 is 2.70 bits per heavy atom. The average Bonchev–Trinajstić information content (AvgIpc) is 2.87. The summed E-state index contributed by atoms with van der Waals surface area (Å²) in [5.74, 6) is 3.85. The number of nitrogens with two attached hydrogens (primary N) is 2. The molecule has 1 saturated heterocycles. The van der Waals surface area contributed by atoms with E-state index in [2.05, 4.69) is 10.2 Å². The molecule has 9 nitrogen and oxygen atoms in total. The van der Waals surface area contributed by atoms with Gasteiger partial charge in [-0.25, -0.2) is 13.1 Å². The van der Waals surface area contributed by atoms with E-state index in [1.54, 1.807) is 6.92 Å². The van der Waals surface area contributed by atoms with Gasteiger partial charge in [-0.1, -0.05) is 0 Å². The Bertz CT molecular complexity index is 611. The summed E-state index contributed by atoms with van der Waals surface area (Å²) in [5.41, 5.74) is 5.50. The van der Waals surface area contributed by atoms with Crippen LogP contribution in [0.5, 0.6) is 0 Å². The number of ether oxygens (including phenoxy) is 1. The largest absolute Gasteiger partial charge is 0.465 e. The van der Waals surface area contributed by atoms with Crippen molar-refractivity contribution in [1.82, 2.24) is 14.9 Å². The maximum Gasteiger partial charge on any atom is 0.317 e. The van der Waals surface area contributed by atoms with E-state index < -0.39 is 27.6 Å². The number of rotatable bonds is 4. The molecule has 20 heavy (non-hydrogen) atoms. The van der Waals surface area contributed by atoms with Crippen molar-refractivity contribution in [1.29, 1.82) is 0 Å². The van der Waals surface area contributed by atoms with E-state index >= 15 is 0 Å². The monoisotopic (exact) mass is 303 g/mol. The van der Waals surface area contributed by atoms with Gasteiger partial charge in [0.15, 0.2) is 15.7 Å². The quantitative estimate of drug-likeness (QED) is 0.513. The first-order valence-corrected chi connectivity index (χ1v) is 8.00. The first-order valence-electron chi connectivity index (χ1n) is 6.18. The number of nitrogen functional groups attached to an aromatic ring is 2. The van der Waals surface area contributed by atoms with Crippen LogP contribution in [0.25, 0.3) is 0 Å². The maximum atomic E-state index is 12.1. The third-order valence-electron chi connectivity index (χ3n) is 3.31. The van der Waals surface area contributed by atoms with Gasteiger partial charge >= 0.3 is 5.97 Å². The van der Waals surface area contributed by atoms with Crippen LogP contribution >= 0.6 is 0 Å². The Morgan fingerprint density at radius 2 is 2.25 bits per heavy atom. The summed E-state index contributed by atoms with van der Waals surface area (Å²) in [6.07, 6.45) is 0.360. The molecule has 1 aliphatic heterocycles. The molecule has 4 N–H and O–H groups in total. The number of nitrogens with zero attached hydrogens (tertiary/aromatic N) is 3. The van der Waals surface area contributed by atoms with Gasteiger partial charge in [0.1, 0.15) is 5.92 Å². The minimum Gasteiger partial charge on any atom is -0.465 e. The standard InChI is InChI=1S/C10H17N5O4S/c1-2-19-9(16)7(6-3-4-20(17,18)5-6)8-13-14-10(11)15(8)12/h6-7H,2-5,12H2,1H3,(H2,11,14). The van der Waals surface area contributed by atoms with Gasteiger partial charge < -0.3 is 16.3 Å². The smallest absolute Gasteiger partial charge is 0.317 e. The van der Waals surface area contributed by atoms with Crippen molar-refractivity contribution in [2.45, 2.75) is 19.3 Å². The first kappa shape index (κ1) is 14.6. The van der Waals surface area contributed by atoms with Crippen molar-refractivity contribution in [2.24, 2.45) is 5.92 Å². The molecule has 112 valence electrons. The third-order valence-corrected chi connectivity index (χ3v) is 5.10. The number of carbonyl (C=O) groups is 1. The molecule has 0 aromatic carbocycles. The van der Waals surface area contributed by atoms with E-state index in [9.17, 15) is 13.2 Å². The lowest BCUT2D eigenvalue weighted by Crippen LogP contribution is -2.30. The third kappa shape index (κ3) is 2.69. The molecule has 0 aliphatic carbocycles. The Labute approximate surface area is 116 Å². The lowest BCUT2D eigenvalue weighted by molar-refractivity contribution is -0.146. The van der Waals surface area contributed by atoms with Gasteiger partial charge in [0, 0.05) is 0 Å². The summed E-state index contributed by atoms with van der Waals surface area (Å²) in [7, 11) is -3.14. The Hall–Kier alpha value is -1.84. The summed E-state index contributed by atoms with van der Waals surface area (Å²) in [4.78, 5) is 12.1. The number of carbonyl (C=O) groups excluding carboxylic acids is 1. The minimum atomic E-state index is -3.14. The second-order valence-corrected chi connectivity index (χ2v) is 6.91. The van der Waals surface area contributed by atoms with Gasteiger partial charge in [0.25, 0.3) is 0 Å². The fourth-order valence-electron chi connectivity index (χ4n) is 2.36. The molecular weight excluding hydrogens is 286 g/mol. The lowest BCUT2D eigenvalue weighted by Gasteiger charge is -2.19. The normalized spacial score (nSPS) is 22.6. The zero-order valence-electron chi connectivity index (χ0n) is 11.0. The molecule has 1 aromatic heterocycles. The van der Waals surface area contributed by atoms with Crippen molar-refractivity contribution >= 4 is 21.8 Å². The molecule has 0 saturated carbocycles. The van der Waals surface area contributed by atoms with Gasteiger partial charge in [-0.15, -0.1) is 10.2 Å². The predicted molar refractivity (Wildman–Crippen MR) is 70.7 cm³/mol. The molecule has 2 heterocycles. The molecule has 10 heteroatoms.